The van der Waals surface area contributed by atoms with Crippen LogP contribution in [0.1, 0.15) is 0 Å². The molecule has 112 valence electrons. The van der Waals surface area contributed by atoms with E-state index in [0.717, 1.165) is 0 Å². The minimum atomic E-state index is -0.885. The molecule has 4 nitrogen and oxygen atoms in total. The molecule has 1 aromatic rings. The standard InChI is InChI=1S/C14H14ClFN2O2S/c1-2-6-21-14-11(10(19)7-17-14)13(20)18-9-5-3-4-8(16)12(9)15/h2-5,10-11,19H,1,6-7H2,(H,18,20). The Morgan fingerprint density at radius 1 is 1.67 bits per heavy atom. The third-order valence-corrected chi connectivity index (χ3v) is 4.39. The van der Waals surface area contributed by atoms with E-state index < -0.39 is 23.7 Å². The van der Waals surface area contributed by atoms with Crippen molar-refractivity contribution < 1.29 is 14.3 Å². The number of amides is 1. The van der Waals surface area contributed by atoms with Gasteiger partial charge >= 0.3 is 0 Å². The maximum Gasteiger partial charge on any atom is 0.236 e. The van der Waals surface area contributed by atoms with Gasteiger partial charge in [0.05, 0.1) is 28.4 Å². The molecule has 0 aliphatic carbocycles. The first-order chi connectivity index (χ1) is 10.0. The van der Waals surface area contributed by atoms with E-state index in [1.165, 1.54) is 30.0 Å². The third kappa shape index (κ3) is 3.64. The number of thioether (sulfide) groups is 1. The van der Waals surface area contributed by atoms with Crippen molar-refractivity contribution in [1.29, 1.82) is 0 Å². The molecule has 0 saturated carbocycles. The molecule has 2 N–H and O–H groups in total. The fourth-order valence-corrected chi connectivity index (χ4v) is 3.00. The molecule has 2 rings (SSSR count). The lowest BCUT2D eigenvalue weighted by Crippen LogP contribution is -2.35. The predicted molar refractivity (Wildman–Crippen MR) is 84.5 cm³/mol. The van der Waals surface area contributed by atoms with Crippen molar-refractivity contribution in [3.8, 4) is 0 Å². The average molecular weight is 329 g/mol. The zero-order valence-corrected chi connectivity index (χ0v) is 12.6. The highest BCUT2D eigenvalue weighted by Gasteiger charge is 2.36. The molecule has 1 aromatic carbocycles. The first-order valence-electron chi connectivity index (χ1n) is 6.25. The lowest BCUT2D eigenvalue weighted by Gasteiger charge is -2.17. The molecule has 0 spiro atoms. The van der Waals surface area contributed by atoms with Gasteiger partial charge < -0.3 is 10.4 Å². The van der Waals surface area contributed by atoms with E-state index in [-0.39, 0.29) is 17.3 Å². The summed E-state index contributed by atoms with van der Waals surface area (Å²) in [5.74, 6) is -1.25. The zero-order valence-electron chi connectivity index (χ0n) is 11.1. The Morgan fingerprint density at radius 3 is 3.14 bits per heavy atom. The van der Waals surface area contributed by atoms with E-state index >= 15 is 0 Å². The number of nitrogens with zero attached hydrogens (tertiary/aromatic N) is 1. The van der Waals surface area contributed by atoms with Crippen molar-refractivity contribution in [3.05, 3.63) is 41.7 Å². The van der Waals surface area contributed by atoms with Crippen LogP contribution in [0.2, 0.25) is 5.02 Å². The second kappa shape index (κ2) is 7.06. The number of carbonyl (C=O) groups excluding carboxylic acids is 1. The van der Waals surface area contributed by atoms with E-state index in [4.69, 9.17) is 11.6 Å². The molecule has 0 bridgehead atoms. The van der Waals surface area contributed by atoms with Crippen LogP contribution in [0, 0.1) is 11.7 Å². The van der Waals surface area contributed by atoms with Crippen molar-refractivity contribution in [3.63, 3.8) is 0 Å². The topological polar surface area (TPSA) is 61.7 Å². The Labute approximate surface area is 131 Å². The largest absolute Gasteiger partial charge is 0.390 e. The minimum Gasteiger partial charge on any atom is -0.390 e. The van der Waals surface area contributed by atoms with Crippen molar-refractivity contribution >= 4 is 40.0 Å². The average Bonchev–Trinajstić information content (AvgIpc) is 2.82. The van der Waals surface area contributed by atoms with E-state index in [1.54, 1.807) is 6.08 Å². The van der Waals surface area contributed by atoms with Crippen LogP contribution in [0.5, 0.6) is 0 Å². The summed E-state index contributed by atoms with van der Waals surface area (Å²) in [7, 11) is 0. The molecular formula is C14H14ClFN2O2S. The van der Waals surface area contributed by atoms with Crippen LogP contribution < -0.4 is 5.32 Å². The van der Waals surface area contributed by atoms with Gasteiger partial charge in [0.15, 0.2) is 0 Å². The first-order valence-corrected chi connectivity index (χ1v) is 7.62. The number of hydrogen-bond acceptors (Lipinski definition) is 4. The Hall–Kier alpha value is -1.37. The molecular weight excluding hydrogens is 315 g/mol. The quantitative estimate of drug-likeness (QED) is 0.835. The number of anilines is 1. The Morgan fingerprint density at radius 2 is 2.43 bits per heavy atom. The molecule has 21 heavy (non-hydrogen) atoms. The number of benzene rings is 1. The lowest BCUT2D eigenvalue weighted by molar-refractivity contribution is -0.120. The van der Waals surface area contributed by atoms with Gasteiger partial charge in [-0.15, -0.1) is 18.3 Å². The fraction of sp³-hybridized carbons (Fsp3) is 0.286. The zero-order chi connectivity index (χ0) is 15.4. The number of aliphatic hydroxyl groups excluding tert-OH is 1. The minimum absolute atomic E-state index is 0.157. The highest BCUT2D eigenvalue weighted by molar-refractivity contribution is 8.14. The Balaban J connectivity index is 2.13. The van der Waals surface area contributed by atoms with Crippen LogP contribution in [-0.4, -0.2) is 34.5 Å². The van der Waals surface area contributed by atoms with Crippen molar-refractivity contribution in [2.24, 2.45) is 10.9 Å². The van der Waals surface area contributed by atoms with Gasteiger partial charge in [-0.1, -0.05) is 23.7 Å². The van der Waals surface area contributed by atoms with Gasteiger partial charge in [-0.25, -0.2) is 4.39 Å². The van der Waals surface area contributed by atoms with Crippen LogP contribution in [0.4, 0.5) is 10.1 Å². The summed E-state index contributed by atoms with van der Waals surface area (Å²) < 4.78 is 13.4. The lowest BCUT2D eigenvalue weighted by atomic mass is 10.1. The van der Waals surface area contributed by atoms with Gasteiger partial charge in [0.25, 0.3) is 0 Å². The van der Waals surface area contributed by atoms with Crippen LogP contribution >= 0.6 is 23.4 Å². The van der Waals surface area contributed by atoms with Crippen LogP contribution in [0.15, 0.2) is 35.8 Å². The predicted octanol–water partition coefficient (Wildman–Crippen LogP) is 2.73. The van der Waals surface area contributed by atoms with Crippen LogP contribution in [0.25, 0.3) is 0 Å². The number of hydrogen-bond donors (Lipinski definition) is 2. The second-order valence-electron chi connectivity index (χ2n) is 4.41. The molecule has 1 amide bonds. The highest BCUT2D eigenvalue weighted by Crippen LogP contribution is 2.28. The molecule has 2 unspecified atom stereocenters. The maximum atomic E-state index is 13.4. The molecule has 2 atom stereocenters. The Kier molecular flexibility index (Phi) is 5.39. The summed E-state index contributed by atoms with van der Waals surface area (Å²) >= 11 is 7.15. The van der Waals surface area contributed by atoms with E-state index in [2.05, 4.69) is 16.9 Å². The van der Waals surface area contributed by atoms with E-state index in [1.807, 2.05) is 0 Å². The number of halogens is 2. The van der Waals surface area contributed by atoms with Crippen molar-refractivity contribution in [1.82, 2.24) is 0 Å². The molecule has 1 aliphatic heterocycles. The third-order valence-electron chi connectivity index (χ3n) is 2.93. The SMILES string of the molecule is C=CCSC1=NCC(O)C1C(=O)Nc1cccc(F)c1Cl. The molecule has 1 heterocycles. The second-order valence-corrected chi connectivity index (χ2v) is 5.83. The normalized spacial score (nSPS) is 21.0. The number of rotatable bonds is 4. The van der Waals surface area contributed by atoms with Gasteiger partial charge in [-0.05, 0) is 12.1 Å². The summed E-state index contributed by atoms with van der Waals surface area (Å²) in [6.07, 6.45) is 0.806. The molecule has 1 aliphatic rings. The molecule has 0 saturated heterocycles. The smallest absolute Gasteiger partial charge is 0.236 e. The highest BCUT2D eigenvalue weighted by atomic mass is 35.5. The van der Waals surface area contributed by atoms with Gasteiger partial charge in [0, 0.05) is 5.75 Å². The summed E-state index contributed by atoms with van der Waals surface area (Å²) in [5.41, 5.74) is 0.175. The van der Waals surface area contributed by atoms with Crippen LogP contribution in [0.3, 0.4) is 0 Å². The number of aliphatic hydroxyl groups is 1. The molecule has 0 aromatic heterocycles. The summed E-state index contributed by atoms with van der Waals surface area (Å²) in [6, 6.07) is 4.15. The molecule has 0 radical (unpaired) electrons. The van der Waals surface area contributed by atoms with Gasteiger partial charge in [-0.3, -0.25) is 9.79 Å². The molecule has 0 fully saturated rings. The fourth-order valence-electron chi connectivity index (χ4n) is 1.93. The van der Waals surface area contributed by atoms with Crippen molar-refractivity contribution in [2.75, 3.05) is 17.6 Å². The van der Waals surface area contributed by atoms with E-state index in [0.29, 0.717) is 10.8 Å². The first kappa shape index (κ1) is 16.0. The van der Waals surface area contributed by atoms with Gasteiger partial charge in [0.1, 0.15) is 11.7 Å². The molecule has 7 heteroatoms. The summed E-state index contributed by atoms with van der Waals surface area (Å²) in [6.45, 7) is 3.78. The number of nitrogens with one attached hydrogen (secondary N) is 1. The van der Waals surface area contributed by atoms with Crippen LogP contribution in [-0.2, 0) is 4.79 Å². The number of aliphatic imine (C=N–C) groups is 1. The summed E-state index contributed by atoms with van der Waals surface area (Å²) in [5, 5.41) is 12.8. The number of carbonyl (C=O) groups is 1. The summed E-state index contributed by atoms with van der Waals surface area (Å²) in [4.78, 5) is 16.4. The van der Waals surface area contributed by atoms with Gasteiger partial charge in [0.2, 0.25) is 5.91 Å². The Bertz CT molecular complexity index is 594. The van der Waals surface area contributed by atoms with Crippen molar-refractivity contribution in [2.45, 2.75) is 6.10 Å². The van der Waals surface area contributed by atoms with E-state index in [9.17, 15) is 14.3 Å². The van der Waals surface area contributed by atoms with Gasteiger partial charge in [-0.2, -0.15) is 0 Å². The maximum absolute atomic E-state index is 13.4. The monoisotopic (exact) mass is 328 g/mol.